The minimum atomic E-state index is -1.29. The number of aliphatic hydroxyl groups excluding tert-OH is 1. The van der Waals surface area contributed by atoms with Crippen molar-refractivity contribution in [2.24, 2.45) is 11.8 Å². The molecule has 2 aliphatic rings. The molecule has 0 aromatic rings. The molecule has 4 heteroatoms. The van der Waals surface area contributed by atoms with Gasteiger partial charge in [-0.2, -0.15) is 0 Å². The molecule has 1 amide bonds. The number of hydrogen-bond donors (Lipinski definition) is 2. The van der Waals surface area contributed by atoms with Crippen LogP contribution in [0.25, 0.3) is 0 Å². The fourth-order valence-corrected chi connectivity index (χ4v) is 3.13. The van der Waals surface area contributed by atoms with E-state index in [2.05, 4.69) is 0 Å². The van der Waals surface area contributed by atoms with Crippen molar-refractivity contribution in [2.45, 2.75) is 57.7 Å². The lowest BCUT2D eigenvalue weighted by Crippen LogP contribution is -2.52. The molecule has 0 aliphatic carbocycles. The van der Waals surface area contributed by atoms with Crippen LogP contribution in [-0.4, -0.2) is 45.3 Å². The molecule has 2 bridgehead atoms. The van der Waals surface area contributed by atoms with Gasteiger partial charge in [-0.15, -0.1) is 0 Å². The normalized spacial score (nSPS) is 35.4. The fraction of sp³-hybridized carbons (Fsp3) is 0.923. The summed E-state index contributed by atoms with van der Waals surface area (Å²) in [6.45, 7) is 5.47. The third-order valence-electron chi connectivity index (χ3n) is 4.69. The lowest BCUT2D eigenvalue weighted by molar-refractivity contribution is -0.155. The predicted octanol–water partition coefficient (Wildman–Crippen LogP) is 0.765. The Kier molecular flexibility index (Phi) is 3.21. The lowest BCUT2D eigenvalue weighted by atomic mass is 9.89. The number of nitrogens with zero attached hydrogens (tertiary/aromatic N) is 1. The zero-order valence-electron chi connectivity index (χ0n) is 10.9. The van der Waals surface area contributed by atoms with Crippen LogP contribution in [0.3, 0.4) is 0 Å². The van der Waals surface area contributed by atoms with E-state index in [0.29, 0.717) is 0 Å². The molecule has 2 saturated heterocycles. The van der Waals surface area contributed by atoms with Gasteiger partial charge in [-0.1, -0.05) is 13.8 Å². The van der Waals surface area contributed by atoms with Crippen LogP contribution < -0.4 is 0 Å². The van der Waals surface area contributed by atoms with Gasteiger partial charge in [-0.25, -0.2) is 0 Å². The van der Waals surface area contributed by atoms with Gasteiger partial charge in [-0.3, -0.25) is 4.79 Å². The maximum atomic E-state index is 12.4. The zero-order chi connectivity index (χ0) is 12.8. The molecule has 2 heterocycles. The second kappa shape index (κ2) is 4.25. The zero-order valence-corrected chi connectivity index (χ0v) is 10.9. The van der Waals surface area contributed by atoms with Crippen LogP contribution in [0, 0.1) is 11.8 Å². The summed E-state index contributed by atoms with van der Waals surface area (Å²) in [5.41, 5.74) is -1.29. The van der Waals surface area contributed by atoms with Gasteiger partial charge in [0, 0.05) is 24.6 Å². The van der Waals surface area contributed by atoms with E-state index in [1.165, 1.54) is 0 Å². The Morgan fingerprint density at radius 3 is 2.59 bits per heavy atom. The molecule has 4 nitrogen and oxygen atoms in total. The summed E-state index contributed by atoms with van der Waals surface area (Å²) >= 11 is 0. The van der Waals surface area contributed by atoms with E-state index in [1.807, 2.05) is 18.7 Å². The highest BCUT2D eigenvalue weighted by Crippen LogP contribution is 2.43. The molecule has 0 aromatic heterocycles. The first-order chi connectivity index (χ1) is 7.89. The third kappa shape index (κ3) is 1.87. The number of carbonyl (C=O) groups is 1. The second-order valence-electron chi connectivity index (χ2n) is 5.99. The summed E-state index contributed by atoms with van der Waals surface area (Å²) in [6, 6.07) is 0.373. The molecule has 2 fully saturated rings. The minimum absolute atomic E-state index is 0.0948. The Hall–Kier alpha value is -0.610. The second-order valence-corrected chi connectivity index (χ2v) is 5.99. The van der Waals surface area contributed by atoms with E-state index in [4.69, 9.17) is 0 Å². The SMILES string of the molecule is CC(C)C(C)(O)C(=O)N1C2CCC1C(CO)C2. The molecule has 4 unspecified atom stereocenters. The summed E-state index contributed by atoms with van der Waals surface area (Å²) in [6.07, 6.45) is 2.87. The standard InChI is InChI=1S/C13H23NO3/c1-8(2)13(3,17)12(16)14-10-4-5-11(14)9(6-10)7-15/h8-11,15,17H,4-7H2,1-3H3. The Morgan fingerprint density at radius 1 is 1.47 bits per heavy atom. The summed E-state index contributed by atoms with van der Waals surface area (Å²) in [5.74, 6) is -0.0424. The van der Waals surface area contributed by atoms with Crippen LogP contribution >= 0.6 is 0 Å². The van der Waals surface area contributed by atoms with E-state index < -0.39 is 5.60 Å². The monoisotopic (exact) mass is 241 g/mol. The molecule has 17 heavy (non-hydrogen) atoms. The molecule has 0 saturated carbocycles. The number of rotatable bonds is 3. The summed E-state index contributed by atoms with van der Waals surface area (Å²) < 4.78 is 0. The number of carbonyl (C=O) groups excluding carboxylic acids is 1. The van der Waals surface area contributed by atoms with Crippen molar-refractivity contribution in [1.82, 2.24) is 4.90 Å². The van der Waals surface area contributed by atoms with Gasteiger partial charge < -0.3 is 15.1 Å². The van der Waals surface area contributed by atoms with E-state index in [-0.39, 0.29) is 36.4 Å². The van der Waals surface area contributed by atoms with Crippen molar-refractivity contribution in [3.05, 3.63) is 0 Å². The van der Waals surface area contributed by atoms with Crippen molar-refractivity contribution in [2.75, 3.05) is 6.61 Å². The van der Waals surface area contributed by atoms with Crippen molar-refractivity contribution in [1.29, 1.82) is 0 Å². The smallest absolute Gasteiger partial charge is 0.255 e. The van der Waals surface area contributed by atoms with Crippen LogP contribution in [0.1, 0.15) is 40.0 Å². The van der Waals surface area contributed by atoms with Gasteiger partial charge in [0.15, 0.2) is 0 Å². The molecule has 98 valence electrons. The van der Waals surface area contributed by atoms with Crippen molar-refractivity contribution in [3.63, 3.8) is 0 Å². The molecule has 4 atom stereocenters. The minimum Gasteiger partial charge on any atom is -0.396 e. The van der Waals surface area contributed by atoms with Crippen molar-refractivity contribution < 1.29 is 15.0 Å². The predicted molar refractivity (Wildman–Crippen MR) is 64.3 cm³/mol. The molecule has 0 spiro atoms. The summed E-state index contributed by atoms with van der Waals surface area (Å²) in [4.78, 5) is 14.3. The number of fused-ring (bicyclic) bond motifs is 2. The topological polar surface area (TPSA) is 60.8 Å². The molecule has 0 radical (unpaired) electrons. The average Bonchev–Trinajstić information content (AvgIpc) is 2.84. The Balaban J connectivity index is 2.17. The van der Waals surface area contributed by atoms with Crippen LogP contribution in [0.5, 0.6) is 0 Å². The van der Waals surface area contributed by atoms with Gasteiger partial charge in [0.2, 0.25) is 0 Å². The van der Waals surface area contributed by atoms with Gasteiger partial charge in [0.1, 0.15) is 5.60 Å². The molecular formula is C13H23NO3. The van der Waals surface area contributed by atoms with Gasteiger partial charge >= 0.3 is 0 Å². The molecule has 2 N–H and O–H groups in total. The van der Waals surface area contributed by atoms with Gasteiger partial charge in [0.25, 0.3) is 5.91 Å². The van der Waals surface area contributed by atoms with E-state index in [0.717, 1.165) is 19.3 Å². The number of aliphatic hydroxyl groups is 2. The highest BCUT2D eigenvalue weighted by molar-refractivity contribution is 5.86. The summed E-state index contributed by atoms with van der Waals surface area (Å²) in [5, 5.41) is 19.6. The Labute approximate surface area is 103 Å². The largest absolute Gasteiger partial charge is 0.396 e. The van der Waals surface area contributed by atoms with Crippen LogP contribution in [-0.2, 0) is 4.79 Å². The average molecular weight is 241 g/mol. The van der Waals surface area contributed by atoms with E-state index >= 15 is 0 Å². The van der Waals surface area contributed by atoms with Gasteiger partial charge in [-0.05, 0) is 32.1 Å². The Morgan fingerprint density at radius 2 is 2.12 bits per heavy atom. The highest BCUT2D eigenvalue weighted by Gasteiger charge is 2.52. The first-order valence-corrected chi connectivity index (χ1v) is 6.55. The van der Waals surface area contributed by atoms with Crippen LogP contribution in [0.2, 0.25) is 0 Å². The summed E-state index contributed by atoms with van der Waals surface area (Å²) in [7, 11) is 0. The first kappa shape index (κ1) is 12.8. The molecule has 0 aromatic carbocycles. The maximum Gasteiger partial charge on any atom is 0.255 e. The fourth-order valence-electron chi connectivity index (χ4n) is 3.13. The van der Waals surface area contributed by atoms with Crippen LogP contribution in [0.15, 0.2) is 0 Å². The maximum absolute atomic E-state index is 12.4. The number of amides is 1. The van der Waals surface area contributed by atoms with Gasteiger partial charge in [0.05, 0.1) is 0 Å². The quantitative estimate of drug-likeness (QED) is 0.767. The van der Waals surface area contributed by atoms with Crippen molar-refractivity contribution in [3.8, 4) is 0 Å². The lowest BCUT2D eigenvalue weighted by Gasteiger charge is -2.34. The third-order valence-corrected chi connectivity index (χ3v) is 4.69. The van der Waals surface area contributed by atoms with Crippen LogP contribution in [0.4, 0.5) is 0 Å². The molecule has 2 rings (SSSR count). The highest BCUT2D eigenvalue weighted by atomic mass is 16.3. The molecular weight excluding hydrogens is 218 g/mol. The number of hydrogen-bond acceptors (Lipinski definition) is 3. The first-order valence-electron chi connectivity index (χ1n) is 6.55. The van der Waals surface area contributed by atoms with E-state index in [1.54, 1.807) is 6.92 Å². The Bertz CT molecular complexity index is 314. The van der Waals surface area contributed by atoms with Crippen molar-refractivity contribution >= 4 is 5.91 Å². The molecule has 2 aliphatic heterocycles. The van der Waals surface area contributed by atoms with E-state index in [9.17, 15) is 15.0 Å².